The maximum atomic E-state index is 13.7. The van der Waals surface area contributed by atoms with E-state index in [1.807, 2.05) is 22.1 Å². The van der Waals surface area contributed by atoms with Crippen molar-refractivity contribution < 1.29 is 14.0 Å². The Morgan fingerprint density at radius 3 is 2.70 bits per heavy atom. The van der Waals surface area contributed by atoms with Gasteiger partial charge >= 0.3 is 0 Å². The van der Waals surface area contributed by atoms with Crippen LogP contribution in [-0.2, 0) is 21.4 Å². The summed E-state index contributed by atoms with van der Waals surface area (Å²) in [6.45, 7) is 10.4. The number of pyridine rings is 1. The number of benzene rings is 1. The molecule has 1 aromatic carbocycles. The lowest BCUT2D eigenvalue weighted by atomic mass is 9.88. The van der Waals surface area contributed by atoms with Gasteiger partial charge in [0, 0.05) is 80.5 Å². The highest BCUT2D eigenvalue weighted by atomic mass is 19.1. The molecule has 3 aliphatic heterocycles. The summed E-state index contributed by atoms with van der Waals surface area (Å²) in [5.41, 5.74) is 3.65. The van der Waals surface area contributed by atoms with Gasteiger partial charge in [0.2, 0.25) is 11.8 Å². The minimum atomic E-state index is -0.256. The Hall–Kier alpha value is -2.84. The number of hydrogen-bond donors (Lipinski definition) is 1. The minimum absolute atomic E-state index is 0. The van der Waals surface area contributed by atoms with Gasteiger partial charge in [0.1, 0.15) is 5.82 Å². The zero-order valence-corrected chi connectivity index (χ0v) is 21.5. The summed E-state index contributed by atoms with van der Waals surface area (Å²) < 4.78 is 13.3. The van der Waals surface area contributed by atoms with Crippen LogP contribution in [0.25, 0.3) is 0 Å². The second-order valence-electron chi connectivity index (χ2n) is 11.2. The molecule has 7 nitrogen and oxygen atoms in total. The number of likely N-dealkylation sites (tertiary alicyclic amines) is 1. The molecule has 2 fully saturated rings. The van der Waals surface area contributed by atoms with Gasteiger partial charge in [-0.1, -0.05) is 33.4 Å². The van der Waals surface area contributed by atoms with Crippen LogP contribution in [0, 0.1) is 5.82 Å². The van der Waals surface area contributed by atoms with Crippen LogP contribution in [0.1, 0.15) is 57.9 Å². The zero-order chi connectivity index (χ0) is 25.4. The normalized spacial score (nSPS) is 23.2. The van der Waals surface area contributed by atoms with Gasteiger partial charge in [0.05, 0.1) is 12.2 Å². The first-order chi connectivity index (χ1) is 17.2. The number of carbonyl (C=O) groups is 2. The van der Waals surface area contributed by atoms with E-state index in [0.717, 1.165) is 48.6 Å². The van der Waals surface area contributed by atoms with Crippen molar-refractivity contribution in [3.05, 3.63) is 59.2 Å². The molecule has 0 unspecified atom stereocenters. The fourth-order valence-electron chi connectivity index (χ4n) is 5.74. The van der Waals surface area contributed by atoms with E-state index < -0.39 is 0 Å². The molecule has 4 heterocycles. The van der Waals surface area contributed by atoms with Gasteiger partial charge in [0.25, 0.3) is 0 Å². The van der Waals surface area contributed by atoms with Gasteiger partial charge in [-0.25, -0.2) is 4.39 Å². The van der Waals surface area contributed by atoms with Crippen LogP contribution in [0.4, 0.5) is 10.1 Å². The first-order valence-corrected chi connectivity index (χ1v) is 13.0. The van der Waals surface area contributed by atoms with E-state index in [4.69, 9.17) is 0 Å². The standard InChI is InChI=1S/C28H36FN5O2.CH4/c1-19-15-33(23(13-30-19)16-32-10-4-5-26(32)35)17-27(36)34-18-28(2,3)24-14-31-22(12-25(24)34)11-20-6-8-21(29)9-7-20;/h6-9,12,14,19,23,30H,4-5,10-11,13,15-18H2,1-3H3;1H4/t19-,23-;/m1./s1. The van der Waals surface area contributed by atoms with Gasteiger partial charge in [-0.2, -0.15) is 0 Å². The lowest BCUT2D eigenvalue weighted by Crippen LogP contribution is -2.60. The van der Waals surface area contributed by atoms with Crippen molar-refractivity contribution >= 4 is 17.5 Å². The number of carbonyl (C=O) groups excluding carboxylic acids is 2. The van der Waals surface area contributed by atoms with Crippen LogP contribution in [0.5, 0.6) is 0 Å². The number of fused-ring (bicyclic) bond motifs is 1. The lowest BCUT2D eigenvalue weighted by Gasteiger charge is -2.41. The molecular formula is C29H40FN5O2. The maximum absolute atomic E-state index is 13.7. The fraction of sp³-hybridized carbons (Fsp3) is 0.552. The van der Waals surface area contributed by atoms with Gasteiger partial charge in [-0.05, 0) is 37.1 Å². The summed E-state index contributed by atoms with van der Waals surface area (Å²) >= 11 is 0. The number of rotatable bonds is 6. The van der Waals surface area contributed by atoms with Crippen molar-refractivity contribution in [2.24, 2.45) is 0 Å². The molecule has 2 aromatic rings. The van der Waals surface area contributed by atoms with Crippen LogP contribution in [0.3, 0.4) is 0 Å². The minimum Gasteiger partial charge on any atom is -0.341 e. The van der Waals surface area contributed by atoms with E-state index in [0.29, 0.717) is 32.5 Å². The Kier molecular flexibility index (Phi) is 7.99. The highest BCUT2D eigenvalue weighted by Crippen LogP contribution is 2.40. The Balaban J connectivity index is 0.00000320. The molecule has 2 atom stereocenters. The molecule has 8 heteroatoms. The number of nitrogens with zero attached hydrogens (tertiary/aromatic N) is 4. The Bertz CT molecular complexity index is 1140. The van der Waals surface area contributed by atoms with Crippen LogP contribution < -0.4 is 10.2 Å². The summed E-state index contributed by atoms with van der Waals surface area (Å²) in [5, 5.41) is 3.52. The lowest BCUT2D eigenvalue weighted by molar-refractivity contribution is -0.128. The zero-order valence-electron chi connectivity index (χ0n) is 21.5. The molecule has 2 amide bonds. The van der Waals surface area contributed by atoms with Gasteiger partial charge in [-0.3, -0.25) is 19.5 Å². The second kappa shape index (κ2) is 10.9. The topological polar surface area (TPSA) is 68.8 Å². The molecule has 1 aromatic heterocycles. The third-order valence-electron chi connectivity index (χ3n) is 7.78. The molecule has 0 saturated carbocycles. The van der Waals surface area contributed by atoms with Crippen molar-refractivity contribution in [1.82, 2.24) is 20.1 Å². The van der Waals surface area contributed by atoms with Crippen molar-refractivity contribution in [2.75, 3.05) is 44.2 Å². The van der Waals surface area contributed by atoms with E-state index in [2.05, 4.69) is 36.0 Å². The van der Waals surface area contributed by atoms with Crippen molar-refractivity contribution in [3.8, 4) is 0 Å². The summed E-state index contributed by atoms with van der Waals surface area (Å²) in [6.07, 6.45) is 4.03. The summed E-state index contributed by atoms with van der Waals surface area (Å²) in [5.74, 6) is 0.0396. The largest absolute Gasteiger partial charge is 0.341 e. The highest BCUT2D eigenvalue weighted by molar-refractivity contribution is 5.97. The maximum Gasteiger partial charge on any atom is 0.241 e. The molecule has 200 valence electrons. The van der Waals surface area contributed by atoms with Gasteiger partial charge in [-0.15, -0.1) is 0 Å². The summed E-state index contributed by atoms with van der Waals surface area (Å²) in [7, 11) is 0. The smallest absolute Gasteiger partial charge is 0.241 e. The predicted molar refractivity (Wildman–Crippen MR) is 144 cm³/mol. The predicted octanol–water partition coefficient (Wildman–Crippen LogP) is 3.36. The van der Waals surface area contributed by atoms with E-state index in [1.165, 1.54) is 12.1 Å². The van der Waals surface area contributed by atoms with Crippen molar-refractivity contribution in [2.45, 2.75) is 65.0 Å². The molecular weight excluding hydrogens is 469 g/mol. The third kappa shape index (κ3) is 5.85. The molecule has 1 N–H and O–H groups in total. The van der Waals surface area contributed by atoms with Crippen LogP contribution >= 0.6 is 0 Å². The summed E-state index contributed by atoms with van der Waals surface area (Å²) in [4.78, 5) is 36.8. The molecule has 0 aliphatic carbocycles. The molecule has 2 saturated heterocycles. The van der Waals surface area contributed by atoms with Crippen LogP contribution in [0.15, 0.2) is 36.5 Å². The first-order valence-electron chi connectivity index (χ1n) is 13.0. The van der Waals surface area contributed by atoms with E-state index in [-0.39, 0.29) is 42.6 Å². The van der Waals surface area contributed by atoms with Crippen LogP contribution in [0.2, 0.25) is 0 Å². The molecule has 0 spiro atoms. The molecule has 0 bridgehead atoms. The average molecular weight is 510 g/mol. The van der Waals surface area contributed by atoms with Gasteiger partial charge in [0.15, 0.2) is 0 Å². The van der Waals surface area contributed by atoms with E-state index >= 15 is 0 Å². The SMILES string of the molecule is C.C[C@@H]1CN(CC(=O)N2CC(C)(C)c3cnc(Cc4ccc(F)cc4)cc32)[C@@H](CN2CCCC2=O)CN1. The third-order valence-corrected chi connectivity index (χ3v) is 7.78. The Morgan fingerprint density at radius 2 is 2.00 bits per heavy atom. The number of amides is 2. The number of aromatic nitrogens is 1. The number of piperazine rings is 1. The first kappa shape index (κ1) is 27.2. The summed E-state index contributed by atoms with van der Waals surface area (Å²) in [6, 6.07) is 8.89. The molecule has 3 aliphatic rings. The molecule has 5 rings (SSSR count). The average Bonchev–Trinajstić information content (AvgIpc) is 3.36. The highest BCUT2D eigenvalue weighted by Gasteiger charge is 2.40. The number of hydrogen-bond acceptors (Lipinski definition) is 5. The van der Waals surface area contributed by atoms with E-state index in [1.54, 1.807) is 12.1 Å². The van der Waals surface area contributed by atoms with Crippen LogP contribution in [-0.4, -0.2) is 78.0 Å². The van der Waals surface area contributed by atoms with Crippen molar-refractivity contribution in [3.63, 3.8) is 0 Å². The number of nitrogens with one attached hydrogen (secondary N) is 1. The van der Waals surface area contributed by atoms with Gasteiger partial charge < -0.3 is 15.1 Å². The monoisotopic (exact) mass is 509 g/mol. The Labute approximate surface area is 220 Å². The number of halogens is 1. The fourth-order valence-corrected chi connectivity index (χ4v) is 5.74. The number of anilines is 1. The Morgan fingerprint density at radius 1 is 1.24 bits per heavy atom. The molecule has 37 heavy (non-hydrogen) atoms. The van der Waals surface area contributed by atoms with E-state index in [9.17, 15) is 14.0 Å². The second-order valence-corrected chi connectivity index (χ2v) is 11.2. The molecule has 0 radical (unpaired) electrons. The quantitative estimate of drug-likeness (QED) is 0.647. The van der Waals surface area contributed by atoms with Crippen molar-refractivity contribution in [1.29, 1.82) is 0 Å².